The zero-order valence-corrected chi connectivity index (χ0v) is 12.7. The second-order valence-corrected chi connectivity index (χ2v) is 5.65. The van der Waals surface area contributed by atoms with Crippen molar-refractivity contribution in [2.75, 3.05) is 36.0 Å². The fourth-order valence-corrected chi connectivity index (χ4v) is 2.60. The third-order valence-electron chi connectivity index (χ3n) is 3.41. The van der Waals surface area contributed by atoms with Gasteiger partial charge in [0.1, 0.15) is 0 Å². The number of anilines is 2. The molecule has 3 rings (SSSR count). The average Bonchev–Trinajstić information content (AvgIpc) is 2.75. The number of hydrogen-bond acceptors (Lipinski definition) is 5. The largest absolute Gasteiger partial charge is 0.370 e. The predicted octanol–water partition coefficient (Wildman–Crippen LogP) is 2.35. The van der Waals surface area contributed by atoms with Gasteiger partial charge in [0.25, 0.3) is 0 Å². The summed E-state index contributed by atoms with van der Waals surface area (Å²) in [5.41, 5.74) is 1.23. The molecule has 1 fully saturated rings. The number of hydrogen-bond donors (Lipinski definition) is 0. The molecule has 0 spiro atoms. The van der Waals surface area contributed by atoms with E-state index in [0.717, 1.165) is 43.0 Å². The minimum atomic E-state index is 0.810. The summed E-state index contributed by atoms with van der Waals surface area (Å²) in [6, 6.07) is 4.12. The maximum atomic E-state index is 4.38. The van der Waals surface area contributed by atoms with Crippen molar-refractivity contribution in [3.8, 4) is 0 Å². The Kier molecular flexibility index (Phi) is 4.11. The van der Waals surface area contributed by atoms with Gasteiger partial charge in [-0.2, -0.15) is 0 Å². The molecular weight excluding hydrogens is 318 g/mol. The number of rotatable bonds is 2. The van der Waals surface area contributed by atoms with Crippen LogP contribution in [-0.4, -0.2) is 41.1 Å². The molecule has 0 N–H and O–H groups in total. The van der Waals surface area contributed by atoms with Crippen LogP contribution in [0.3, 0.4) is 0 Å². The van der Waals surface area contributed by atoms with Crippen LogP contribution in [0.15, 0.2) is 41.4 Å². The SMILES string of the molecule is Brc1cnc(N2CCCN(c3ccncc3)CC2)nc1. The summed E-state index contributed by atoms with van der Waals surface area (Å²) in [7, 11) is 0. The van der Waals surface area contributed by atoms with Gasteiger partial charge in [0.05, 0.1) is 4.47 Å². The molecule has 5 nitrogen and oxygen atoms in total. The Morgan fingerprint density at radius 1 is 0.900 bits per heavy atom. The van der Waals surface area contributed by atoms with E-state index < -0.39 is 0 Å². The highest BCUT2D eigenvalue weighted by atomic mass is 79.9. The van der Waals surface area contributed by atoms with E-state index in [1.807, 2.05) is 12.4 Å². The van der Waals surface area contributed by atoms with Crippen LogP contribution in [0.4, 0.5) is 11.6 Å². The van der Waals surface area contributed by atoms with Gasteiger partial charge in [0.2, 0.25) is 5.95 Å². The van der Waals surface area contributed by atoms with Crippen LogP contribution >= 0.6 is 15.9 Å². The smallest absolute Gasteiger partial charge is 0.225 e. The zero-order valence-electron chi connectivity index (χ0n) is 11.1. The first kappa shape index (κ1) is 13.3. The van der Waals surface area contributed by atoms with E-state index >= 15 is 0 Å². The number of pyridine rings is 1. The predicted molar refractivity (Wildman–Crippen MR) is 83.0 cm³/mol. The van der Waals surface area contributed by atoms with Gasteiger partial charge in [-0.3, -0.25) is 4.98 Å². The van der Waals surface area contributed by atoms with E-state index in [1.54, 1.807) is 12.4 Å². The van der Waals surface area contributed by atoms with Gasteiger partial charge in [0, 0.05) is 56.7 Å². The second-order valence-electron chi connectivity index (χ2n) is 4.73. The lowest BCUT2D eigenvalue weighted by Crippen LogP contribution is -2.31. The first-order chi connectivity index (χ1) is 9.83. The van der Waals surface area contributed by atoms with E-state index in [-0.39, 0.29) is 0 Å². The van der Waals surface area contributed by atoms with Crippen molar-refractivity contribution in [1.29, 1.82) is 0 Å². The molecule has 2 aromatic rings. The summed E-state index contributed by atoms with van der Waals surface area (Å²) in [4.78, 5) is 17.5. The van der Waals surface area contributed by atoms with Crippen LogP contribution in [0.5, 0.6) is 0 Å². The Balaban J connectivity index is 1.69. The van der Waals surface area contributed by atoms with Crippen molar-refractivity contribution in [2.45, 2.75) is 6.42 Å². The van der Waals surface area contributed by atoms with Crippen LogP contribution < -0.4 is 9.80 Å². The van der Waals surface area contributed by atoms with E-state index in [9.17, 15) is 0 Å². The topological polar surface area (TPSA) is 45.2 Å². The zero-order chi connectivity index (χ0) is 13.8. The number of aromatic nitrogens is 3. The Hall–Kier alpha value is -1.69. The molecule has 0 amide bonds. The van der Waals surface area contributed by atoms with Crippen molar-refractivity contribution in [2.24, 2.45) is 0 Å². The standard InChI is InChI=1S/C14H16BrN5/c15-12-10-17-14(18-11-12)20-7-1-6-19(8-9-20)13-2-4-16-5-3-13/h2-5,10-11H,1,6-9H2. The Bertz CT molecular complexity index is 545. The average molecular weight is 334 g/mol. The van der Waals surface area contributed by atoms with Gasteiger partial charge in [0.15, 0.2) is 0 Å². The highest BCUT2D eigenvalue weighted by Gasteiger charge is 2.16. The number of nitrogens with zero attached hydrogens (tertiary/aromatic N) is 5. The van der Waals surface area contributed by atoms with Crippen LogP contribution in [-0.2, 0) is 0 Å². The Morgan fingerprint density at radius 2 is 1.55 bits per heavy atom. The molecule has 104 valence electrons. The fraction of sp³-hybridized carbons (Fsp3) is 0.357. The molecular formula is C14H16BrN5. The van der Waals surface area contributed by atoms with E-state index in [1.165, 1.54) is 5.69 Å². The highest BCUT2D eigenvalue weighted by Crippen LogP contribution is 2.17. The molecule has 1 aliphatic heterocycles. The highest BCUT2D eigenvalue weighted by molar-refractivity contribution is 9.10. The van der Waals surface area contributed by atoms with Crippen LogP contribution in [0.1, 0.15) is 6.42 Å². The molecule has 0 radical (unpaired) electrons. The van der Waals surface area contributed by atoms with Crippen LogP contribution in [0.25, 0.3) is 0 Å². The molecule has 0 bridgehead atoms. The van der Waals surface area contributed by atoms with Crippen LogP contribution in [0.2, 0.25) is 0 Å². The van der Waals surface area contributed by atoms with E-state index in [2.05, 4.69) is 52.8 Å². The minimum absolute atomic E-state index is 0.810. The first-order valence-electron chi connectivity index (χ1n) is 6.70. The second kappa shape index (κ2) is 6.17. The maximum absolute atomic E-state index is 4.38. The monoisotopic (exact) mass is 333 g/mol. The molecule has 3 heterocycles. The van der Waals surface area contributed by atoms with Crippen molar-refractivity contribution in [1.82, 2.24) is 15.0 Å². The van der Waals surface area contributed by atoms with Crippen LogP contribution in [0, 0.1) is 0 Å². The lowest BCUT2D eigenvalue weighted by Gasteiger charge is -2.23. The van der Waals surface area contributed by atoms with Gasteiger partial charge in [-0.1, -0.05) is 0 Å². The third kappa shape index (κ3) is 3.07. The maximum Gasteiger partial charge on any atom is 0.225 e. The van der Waals surface area contributed by atoms with Gasteiger partial charge in [-0.25, -0.2) is 9.97 Å². The van der Waals surface area contributed by atoms with Gasteiger partial charge in [-0.05, 0) is 34.5 Å². The van der Waals surface area contributed by atoms with Gasteiger partial charge < -0.3 is 9.80 Å². The quantitative estimate of drug-likeness (QED) is 0.844. The molecule has 1 saturated heterocycles. The molecule has 6 heteroatoms. The van der Waals surface area contributed by atoms with E-state index in [4.69, 9.17) is 0 Å². The van der Waals surface area contributed by atoms with E-state index in [0.29, 0.717) is 0 Å². The van der Waals surface area contributed by atoms with Crippen molar-refractivity contribution >= 4 is 27.6 Å². The summed E-state index contributed by atoms with van der Waals surface area (Å²) in [5.74, 6) is 0.810. The molecule has 0 aliphatic carbocycles. The third-order valence-corrected chi connectivity index (χ3v) is 3.82. The minimum Gasteiger partial charge on any atom is -0.370 e. The fourth-order valence-electron chi connectivity index (χ4n) is 2.40. The normalized spacial score (nSPS) is 16.1. The van der Waals surface area contributed by atoms with Gasteiger partial charge >= 0.3 is 0 Å². The summed E-state index contributed by atoms with van der Waals surface area (Å²) in [6.45, 7) is 3.95. The summed E-state index contributed by atoms with van der Waals surface area (Å²) < 4.78 is 0.912. The molecule has 0 unspecified atom stereocenters. The van der Waals surface area contributed by atoms with Crippen molar-refractivity contribution in [3.05, 3.63) is 41.4 Å². The van der Waals surface area contributed by atoms with Crippen molar-refractivity contribution in [3.63, 3.8) is 0 Å². The summed E-state index contributed by atoms with van der Waals surface area (Å²) in [6.07, 6.45) is 8.38. The Morgan fingerprint density at radius 3 is 2.30 bits per heavy atom. The molecule has 0 saturated carbocycles. The lowest BCUT2D eigenvalue weighted by atomic mass is 10.3. The number of halogens is 1. The lowest BCUT2D eigenvalue weighted by molar-refractivity contribution is 0.781. The van der Waals surface area contributed by atoms with Gasteiger partial charge in [-0.15, -0.1) is 0 Å². The molecule has 20 heavy (non-hydrogen) atoms. The molecule has 0 aromatic carbocycles. The summed E-state index contributed by atoms with van der Waals surface area (Å²) >= 11 is 3.37. The van der Waals surface area contributed by atoms with Crippen molar-refractivity contribution < 1.29 is 0 Å². The Labute approximate surface area is 126 Å². The first-order valence-corrected chi connectivity index (χ1v) is 7.50. The molecule has 2 aromatic heterocycles. The molecule has 0 atom stereocenters. The molecule has 1 aliphatic rings. The summed E-state index contributed by atoms with van der Waals surface area (Å²) in [5, 5.41) is 0.